The zero-order valence-electron chi connectivity index (χ0n) is 11.6. The molecule has 0 heterocycles. The molecule has 23 heavy (non-hydrogen) atoms. The first-order valence-corrected chi connectivity index (χ1v) is 6.91. The lowest BCUT2D eigenvalue weighted by atomic mass is 10.0. The number of thioether (sulfide) groups is 1. The molecule has 0 fully saturated rings. The van der Waals surface area contributed by atoms with Gasteiger partial charge in [0.15, 0.2) is 0 Å². The summed E-state index contributed by atoms with van der Waals surface area (Å²) < 4.78 is 71.4. The van der Waals surface area contributed by atoms with E-state index in [0.717, 1.165) is 12.1 Å². The van der Waals surface area contributed by atoms with E-state index in [0.29, 0.717) is 0 Å². The average Bonchev–Trinajstić information content (AvgIpc) is 2.41. The third-order valence-electron chi connectivity index (χ3n) is 2.40. The van der Waals surface area contributed by atoms with Gasteiger partial charge in [-0.2, -0.15) is 27.2 Å². The van der Waals surface area contributed by atoms with Crippen molar-refractivity contribution in [1.29, 1.82) is 5.26 Å². The van der Waals surface area contributed by atoms with Gasteiger partial charge in [-0.05, 0) is 30.8 Å². The van der Waals surface area contributed by atoms with Crippen molar-refractivity contribution in [2.24, 2.45) is 0 Å². The van der Waals surface area contributed by atoms with E-state index >= 15 is 0 Å². The molecule has 0 bridgehead atoms. The van der Waals surface area contributed by atoms with Crippen molar-refractivity contribution in [2.45, 2.75) is 30.4 Å². The highest BCUT2D eigenvalue weighted by Crippen LogP contribution is 2.44. The molecule has 0 spiro atoms. The zero-order valence-corrected chi connectivity index (χ0v) is 12.4. The Balaban J connectivity index is 3.38. The van der Waals surface area contributed by atoms with E-state index in [1.165, 1.54) is 6.92 Å². The second-order valence-corrected chi connectivity index (χ2v) is 5.05. The highest BCUT2D eigenvalue weighted by atomic mass is 32.2. The number of nitrogens with zero attached hydrogens (tertiary/aromatic N) is 1. The van der Waals surface area contributed by atoms with E-state index in [2.05, 4.69) is 9.47 Å². The van der Waals surface area contributed by atoms with Gasteiger partial charge in [-0.25, -0.2) is 0 Å². The molecule has 0 aliphatic heterocycles. The van der Waals surface area contributed by atoms with Crippen LogP contribution in [0.15, 0.2) is 17.0 Å². The smallest absolute Gasteiger partial charge is 0.446 e. The lowest BCUT2D eigenvalue weighted by Crippen LogP contribution is -2.13. The molecule has 10 heteroatoms. The highest BCUT2D eigenvalue weighted by molar-refractivity contribution is 8.00. The predicted octanol–water partition coefficient (Wildman–Crippen LogP) is 3.88. The summed E-state index contributed by atoms with van der Waals surface area (Å²) in [4.78, 5) is 10.8. The Kier molecular flexibility index (Phi) is 6.62. The molecule has 0 radical (unpaired) electrons. The summed E-state index contributed by atoms with van der Waals surface area (Å²) >= 11 is -0.677. The van der Waals surface area contributed by atoms with Crippen LogP contribution in [0.4, 0.5) is 22.0 Å². The number of rotatable bonds is 6. The number of hydrogen-bond acceptors (Lipinski definition) is 5. The lowest BCUT2D eigenvalue weighted by molar-refractivity contribution is -0.142. The summed E-state index contributed by atoms with van der Waals surface area (Å²) in [6.45, 7) is -1.93. The van der Waals surface area contributed by atoms with Crippen molar-refractivity contribution in [3.63, 3.8) is 0 Å². The molecule has 0 unspecified atom stereocenters. The summed E-state index contributed by atoms with van der Waals surface area (Å²) in [5.41, 5.74) is -5.38. The van der Waals surface area contributed by atoms with Gasteiger partial charge in [-0.15, -0.1) is 0 Å². The number of esters is 1. The van der Waals surface area contributed by atoms with Crippen LogP contribution in [0.1, 0.15) is 18.1 Å². The number of benzene rings is 1. The molecule has 1 aromatic carbocycles. The summed E-state index contributed by atoms with van der Waals surface area (Å²) in [5.74, 6) is -1.73. The number of ether oxygens (including phenoxy) is 2. The first-order chi connectivity index (χ1) is 10.7. The second kappa shape index (κ2) is 8.01. The molecule has 0 aliphatic carbocycles. The summed E-state index contributed by atoms with van der Waals surface area (Å²) in [7, 11) is 0. The van der Waals surface area contributed by atoms with Crippen molar-refractivity contribution < 1.29 is 36.2 Å². The molecule has 1 rings (SSSR count). The lowest BCUT2D eigenvalue weighted by Gasteiger charge is -2.16. The standard InChI is InChI=1S/C13H10F5NO3S/c1-2-21-10(20)5-8-7(6-19)3-4-9(23-13(16,17)18)11(8)22-12(14)15/h3-4,12H,2,5H2,1H3. The maximum atomic E-state index is 12.5. The SMILES string of the molecule is CCOC(=O)Cc1c(C#N)ccc(SC(F)(F)F)c1OC(F)F. The van der Waals surface area contributed by atoms with E-state index < -0.39 is 46.9 Å². The summed E-state index contributed by atoms with van der Waals surface area (Å²) in [6, 6.07) is 3.46. The fourth-order valence-corrected chi connectivity index (χ4v) is 2.32. The molecule has 0 aromatic heterocycles. The fraction of sp³-hybridized carbons (Fsp3) is 0.385. The molecule has 126 valence electrons. The molecule has 0 saturated heterocycles. The molecule has 0 aliphatic rings. The molecule has 0 amide bonds. The van der Waals surface area contributed by atoms with Gasteiger partial charge in [0.25, 0.3) is 0 Å². The minimum absolute atomic E-state index is 0.0112. The van der Waals surface area contributed by atoms with Crippen molar-refractivity contribution in [2.75, 3.05) is 6.61 Å². The predicted molar refractivity (Wildman–Crippen MR) is 70.0 cm³/mol. The second-order valence-electron chi connectivity index (χ2n) is 3.94. The van der Waals surface area contributed by atoms with Gasteiger partial charge >= 0.3 is 18.1 Å². The molecule has 1 aromatic rings. The normalized spacial score (nSPS) is 11.2. The Hall–Kier alpha value is -2.02. The van der Waals surface area contributed by atoms with Gasteiger partial charge in [0.2, 0.25) is 0 Å². The monoisotopic (exact) mass is 355 g/mol. The fourth-order valence-electron chi connectivity index (χ4n) is 1.67. The van der Waals surface area contributed by atoms with Gasteiger partial charge in [0.1, 0.15) is 5.75 Å². The largest absolute Gasteiger partial charge is 0.466 e. The van der Waals surface area contributed by atoms with Gasteiger partial charge in [0.05, 0.1) is 29.6 Å². The Morgan fingerprint density at radius 1 is 1.39 bits per heavy atom. The molecule has 0 atom stereocenters. The highest BCUT2D eigenvalue weighted by Gasteiger charge is 2.33. The first-order valence-electron chi connectivity index (χ1n) is 6.10. The van der Waals surface area contributed by atoms with Crippen LogP contribution in [-0.2, 0) is 16.0 Å². The molecule has 0 N–H and O–H groups in total. The first kappa shape index (κ1) is 19.0. The van der Waals surface area contributed by atoms with Crippen LogP contribution in [0, 0.1) is 11.3 Å². The maximum Gasteiger partial charge on any atom is 0.446 e. The van der Waals surface area contributed by atoms with Crippen molar-refractivity contribution in [3.05, 3.63) is 23.3 Å². The van der Waals surface area contributed by atoms with Crippen LogP contribution in [0.5, 0.6) is 5.75 Å². The van der Waals surface area contributed by atoms with E-state index in [1.54, 1.807) is 6.07 Å². The van der Waals surface area contributed by atoms with Crippen LogP contribution < -0.4 is 4.74 Å². The third kappa shape index (κ3) is 5.94. The van der Waals surface area contributed by atoms with Crippen molar-refractivity contribution in [1.82, 2.24) is 0 Å². The van der Waals surface area contributed by atoms with E-state index in [4.69, 9.17) is 5.26 Å². The molecule has 4 nitrogen and oxygen atoms in total. The third-order valence-corrected chi connectivity index (χ3v) is 3.18. The number of alkyl halides is 5. The maximum absolute atomic E-state index is 12.5. The molecular formula is C13H10F5NO3S. The van der Waals surface area contributed by atoms with Crippen molar-refractivity contribution in [3.8, 4) is 11.8 Å². The minimum Gasteiger partial charge on any atom is -0.466 e. The summed E-state index contributed by atoms with van der Waals surface area (Å²) in [6.07, 6.45) is -0.662. The Morgan fingerprint density at radius 3 is 2.52 bits per heavy atom. The van der Waals surface area contributed by atoms with Gasteiger partial charge < -0.3 is 9.47 Å². The summed E-state index contributed by atoms with van der Waals surface area (Å²) in [5, 5.41) is 8.97. The topological polar surface area (TPSA) is 59.3 Å². The van der Waals surface area contributed by atoms with Crippen LogP contribution in [0.3, 0.4) is 0 Å². The van der Waals surface area contributed by atoms with Crippen LogP contribution >= 0.6 is 11.8 Å². The number of nitriles is 1. The van der Waals surface area contributed by atoms with Crippen LogP contribution in [0.25, 0.3) is 0 Å². The van der Waals surface area contributed by atoms with E-state index in [1.807, 2.05) is 0 Å². The quantitative estimate of drug-likeness (QED) is 0.440. The van der Waals surface area contributed by atoms with Gasteiger partial charge in [-0.1, -0.05) is 0 Å². The number of hydrogen-bond donors (Lipinski definition) is 0. The number of carbonyl (C=O) groups is 1. The van der Waals surface area contributed by atoms with Gasteiger partial charge in [-0.3, -0.25) is 4.79 Å². The van der Waals surface area contributed by atoms with Gasteiger partial charge in [0, 0.05) is 5.56 Å². The molecule has 0 saturated carbocycles. The van der Waals surface area contributed by atoms with Crippen LogP contribution in [-0.4, -0.2) is 24.7 Å². The Morgan fingerprint density at radius 2 is 2.04 bits per heavy atom. The van der Waals surface area contributed by atoms with Crippen LogP contribution in [0.2, 0.25) is 0 Å². The molecular weight excluding hydrogens is 345 g/mol. The van der Waals surface area contributed by atoms with E-state index in [-0.39, 0.29) is 17.7 Å². The van der Waals surface area contributed by atoms with E-state index in [9.17, 15) is 26.7 Å². The number of carbonyl (C=O) groups excluding carboxylic acids is 1. The zero-order chi connectivity index (χ0) is 17.6. The minimum atomic E-state index is -4.75. The Labute approximate surface area is 132 Å². The van der Waals surface area contributed by atoms with Crippen molar-refractivity contribution >= 4 is 17.7 Å². The Bertz CT molecular complexity index is 613. The number of halogens is 5. The average molecular weight is 355 g/mol.